The highest BCUT2D eigenvalue weighted by molar-refractivity contribution is 5.87. The SMILES string of the molecule is O=C(O)c1n[nH]c(C(F)CF)c1C(F)(F)F. The van der Waals surface area contributed by atoms with Crippen LogP contribution < -0.4 is 0 Å². The maximum Gasteiger partial charge on any atom is 0.420 e. The highest BCUT2D eigenvalue weighted by Crippen LogP contribution is 2.37. The van der Waals surface area contributed by atoms with E-state index in [1.54, 1.807) is 5.10 Å². The van der Waals surface area contributed by atoms with Crippen LogP contribution in [0.5, 0.6) is 0 Å². The third-order valence-electron chi connectivity index (χ3n) is 1.73. The Morgan fingerprint density at radius 1 is 1.50 bits per heavy atom. The summed E-state index contributed by atoms with van der Waals surface area (Å²) in [6.45, 7) is -1.70. The molecule has 1 atom stereocenters. The van der Waals surface area contributed by atoms with E-state index in [0.717, 1.165) is 0 Å². The average Bonchev–Trinajstić information content (AvgIpc) is 2.59. The van der Waals surface area contributed by atoms with Crippen LogP contribution >= 0.6 is 0 Å². The van der Waals surface area contributed by atoms with Gasteiger partial charge in [-0.05, 0) is 0 Å². The van der Waals surface area contributed by atoms with E-state index in [0.29, 0.717) is 0 Å². The van der Waals surface area contributed by atoms with Gasteiger partial charge < -0.3 is 5.11 Å². The Labute approximate surface area is 85.1 Å². The summed E-state index contributed by atoms with van der Waals surface area (Å²) in [7, 11) is 0. The summed E-state index contributed by atoms with van der Waals surface area (Å²) in [5.74, 6) is -1.97. The molecule has 0 saturated heterocycles. The third-order valence-corrected chi connectivity index (χ3v) is 1.73. The number of halogens is 5. The second-order valence-corrected chi connectivity index (χ2v) is 2.79. The molecule has 1 aromatic heterocycles. The van der Waals surface area contributed by atoms with Gasteiger partial charge in [-0.3, -0.25) is 5.10 Å². The van der Waals surface area contributed by atoms with Crippen molar-refractivity contribution in [1.29, 1.82) is 0 Å². The van der Waals surface area contributed by atoms with E-state index in [2.05, 4.69) is 5.10 Å². The lowest BCUT2D eigenvalue weighted by Crippen LogP contribution is -2.14. The Kier molecular flexibility index (Phi) is 3.15. The maximum absolute atomic E-state index is 12.8. The van der Waals surface area contributed by atoms with Crippen LogP contribution in [0.25, 0.3) is 0 Å². The number of hydrogen-bond donors (Lipinski definition) is 2. The van der Waals surface area contributed by atoms with Gasteiger partial charge in [-0.25, -0.2) is 13.6 Å². The first kappa shape index (κ1) is 12.4. The van der Waals surface area contributed by atoms with E-state index < -0.39 is 41.9 Å². The molecule has 1 heterocycles. The van der Waals surface area contributed by atoms with Crippen LogP contribution in [-0.2, 0) is 6.18 Å². The number of hydrogen-bond acceptors (Lipinski definition) is 2. The Morgan fingerprint density at radius 2 is 2.06 bits per heavy atom. The van der Waals surface area contributed by atoms with Gasteiger partial charge in [0.2, 0.25) is 0 Å². The van der Waals surface area contributed by atoms with Crippen molar-refractivity contribution < 1.29 is 31.9 Å². The molecule has 0 spiro atoms. The van der Waals surface area contributed by atoms with E-state index in [4.69, 9.17) is 5.11 Å². The number of nitrogens with zero attached hydrogens (tertiary/aromatic N) is 1. The first-order chi connectivity index (χ1) is 7.29. The van der Waals surface area contributed by atoms with Crippen LogP contribution in [0.1, 0.15) is 27.9 Å². The molecular formula is C7H5F5N2O2. The summed E-state index contributed by atoms with van der Waals surface area (Å²) in [4.78, 5) is 10.4. The fourth-order valence-electron chi connectivity index (χ4n) is 1.10. The molecule has 16 heavy (non-hydrogen) atoms. The van der Waals surface area contributed by atoms with Crippen LogP contribution in [-0.4, -0.2) is 27.9 Å². The molecule has 0 radical (unpaired) electrons. The number of aromatic nitrogens is 2. The van der Waals surface area contributed by atoms with Crippen molar-refractivity contribution >= 4 is 5.97 Å². The van der Waals surface area contributed by atoms with Crippen LogP contribution in [0.2, 0.25) is 0 Å². The first-order valence-electron chi connectivity index (χ1n) is 3.87. The van der Waals surface area contributed by atoms with E-state index >= 15 is 0 Å². The molecule has 0 aromatic carbocycles. The number of carboxylic acids is 1. The number of alkyl halides is 5. The number of carboxylic acid groups (broad SMARTS) is 1. The lowest BCUT2D eigenvalue weighted by molar-refractivity contribution is -0.139. The van der Waals surface area contributed by atoms with Crippen molar-refractivity contribution in [3.63, 3.8) is 0 Å². The van der Waals surface area contributed by atoms with Gasteiger partial charge in [-0.15, -0.1) is 0 Å². The van der Waals surface area contributed by atoms with Gasteiger partial charge in [-0.2, -0.15) is 18.3 Å². The Hall–Kier alpha value is -1.67. The van der Waals surface area contributed by atoms with Gasteiger partial charge >= 0.3 is 12.1 Å². The molecular weight excluding hydrogens is 239 g/mol. The average molecular weight is 244 g/mol. The number of H-pyrrole nitrogens is 1. The lowest BCUT2D eigenvalue weighted by Gasteiger charge is -2.09. The van der Waals surface area contributed by atoms with Crippen LogP contribution in [0.15, 0.2) is 0 Å². The molecule has 0 saturated carbocycles. The predicted octanol–water partition coefficient (Wildman–Crippen LogP) is 2.11. The van der Waals surface area contributed by atoms with Gasteiger partial charge in [0.1, 0.15) is 12.2 Å². The minimum Gasteiger partial charge on any atom is -0.476 e. The fraction of sp³-hybridized carbons (Fsp3) is 0.429. The standard InChI is InChI=1S/C7H5F5N2O2/c8-1-2(9)4-3(7(10,11)12)5(6(15)16)14-13-4/h2H,1H2,(H,13,14)(H,15,16). The van der Waals surface area contributed by atoms with E-state index in [1.165, 1.54) is 0 Å². The first-order valence-corrected chi connectivity index (χ1v) is 3.87. The van der Waals surface area contributed by atoms with Crippen molar-refractivity contribution in [1.82, 2.24) is 10.2 Å². The minimum atomic E-state index is -5.12. The van der Waals surface area contributed by atoms with Crippen molar-refractivity contribution in [3.05, 3.63) is 17.0 Å². The molecule has 0 amide bonds. The summed E-state index contributed by atoms with van der Waals surface area (Å²) in [5.41, 5.74) is -4.38. The molecule has 9 heteroatoms. The monoisotopic (exact) mass is 244 g/mol. The summed E-state index contributed by atoms with van der Waals surface area (Å²) >= 11 is 0. The van der Waals surface area contributed by atoms with Crippen molar-refractivity contribution in [2.45, 2.75) is 12.3 Å². The zero-order valence-corrected chi connectivity index (χ0v) is 7.48. The fourth-order valence-corrected chi connectivity index (χ4v) is 1.10. The lowest BCUT2D eigenvalue weighted by atomic mass is 10.1. The summed E-state index contributed by atoms with van der Waals surface area (Å²) < 4.78 is 61.9. The predicted molar refractivity (Wildman–Crippen MR) is 40.4 cm³/mol. The summed E-state index contributed by atoms with van der Waals surface area (Å²) in [6, 6.07) is 0. The largest absolute Gasteiger partial charge is 0.476 e. The summed E-state index contributed by atoms with van der Waals surface area (Å²) in [5, 5.41) is 12.7. The van der Waals surface area contributed by atoms with E-state index in [1.807, 2.05) is 0 Å². The topological polar surface area (TPSA) is 66.0 Å². The Morgan fingerprint density at radius 3 is 2.44 bits per heavy atom. The zero-order valence-electron chi connectivity index (χ0n) is 7.48. The molecule has 1 aromatic rings. The molecule has 1 rings (SSSR count). The van der Waals surface area contributed by atoms with Gasteiger partial charge in [0, 0.05) is 0 Å². The molecule has 0 aliphatic rings. The highest BCUT2D eigenvalue weighted by atomic mass is 19.4. The molecule has 1 unspecified atom stereocenters. The van der Waals surface area contributed by atoms with Gasteiger partial charge in [0.25, 0.3) is 0 Å². The maximum atomic E-state index is 12.8. The molecule has 90 valence electrons. The number of rotatable bonds is 3. The molecule has 0 fully saturated rings. The minimum absolute atomic E-state index is 1.22. The van der Waals surface area contributed by atoms with Crippen LogP contribution in [0.4, 0.5) is 22.0 Å². The Bertz CT molecular complexity index is 400. The van der Waals surface area contributed by atoms with E-state index in [9.17, 15) is 26.7 Å². The van der Waals surface area contributed by atoms with Gasteiger partial charge in [0.05, 0.1) is 5.69 Å². The number of carbonyl (C=O) groups is 1. The van der Waals surface area contributed by atoms with Crippen molar-refractivity contribution in [2.24, 2.45) is 0 Å². The van der Waals surface area contributed by atoms with E-state index in [-0.39, 0.29) is 0 Å². The molecule has 0 aliphatic carbocycles. The second-order valence-electron chi connectivity index (χ2n) is 2.79. The third kappa shape index (κ3) is 2.12. The second kappa shape index (κ2) is 4.06. The van der Waals surface area contributed by atoms with Gasteiger partial charge in [0.15, 0.2) is 11.9 Å². The molecule has 2 N–H and O–H groups in total. The number of aromatic amines is 1. The summed E-state index contributed by atoms with van der Waals surface area (Å²) in [6.07, 6.45) is -7.70. The van der Waals surface area contributed by atoms with Crippen molar-refractivity contribution in [3.8, 4) is 0 Å². The Balaban J connectivity index is 3.37. The zero-order chi connectivity index (χ0) is 12.5. The molecule has 4 nitrogen and oxygen atoms in total. The van der Waals surface area contributed by atoms with Gasteiger partial charge in [-0.1, -0.05) is 0 Å². The number of nitrogens with one attached hydrogen (secondary N) is 1. The molecule has 0 aliphatic heterocycles. The highest BCUT2D eigenvalue weighted by Gasteiger charge is 2.42. The quantitative estimate of drug-likeness (QED) is 0.800. The normalized spacial score (nSPS) is 13.8. The molecule has 0 bridgehead atoms. The van der Waals surface area contributed by atoms with Crippen LogP contribution in [0, 0.1) is 0 Å². The smallest absolute Gasteiger partial charge is 0.420 e. The number of aromatic carboxylic acids is 1. The van der Waals surface area contributed by atoms with Crippen molar-refractivity contribution in [2.75, 3.05) is 6.67 Å². The van der Waals surface area contributed by atoms with Crippen LogP contribution in [0.3, 0.4) is 0 Å².